The number of hydrogen-bond acceptors (Lipinski definition) is 9. The number of nitrogens with one attached hydrogen (secondary N) is 2. The molecule has 0 bridgehead atoms. The molecule has 1 unspecified atom stereocenters. The van der Waals surface area contributed by atoms with Gasteiger partial charge in [0.25, 0.3) is 21.6 Å². The zero-order chi connectivity index (χ0) is 38.5. The highest BCUT2D eigenvalue weighted by molar-refractivity contribution is 7.90. The second kappa shape index (κ2) is 16.8. The van der Waals surface area contributed by atoms with Crippen molar-refractivity contribution in [3.05, 3.63) is 117 Å². The van der Waals surface area contributed by atoms with Gasteiger partial charge in [0.05, 0.1) is 9.82 Å². The third-order valence-corrected chi connectivity index (χ3v) is 12.4. The Morgan fingerprint density at radius 3 is 2.56 bits per heavy atom. The molecule has 3 heterocycles. The Kier molecular flexibility index (Phi) is 11.7. The first kappa shape index (κ1) is 38.3. The van der Waals surface area contributed by atoms with Crippen molar-refractivity contribution in [1.29, 1.82) is 0 Å². The fourth-order valence-electron chi connectivity index (χ4n) is 7.95. The summed E-state index contributed by atoms with van der Waals surface area (Å²) >= 11 is 6.14. The number of likely N-dealkylation sites (tertiary alicyclic amines) is 1. The molecule has 0 saturated carbocycles. The average molecular weight is 785 g/mol. The lowest BCUT2D eigenvalue weighted by molar-refractivity contribution is -0.384. The van der Waals surface area contributed by atoms with Gasteiger partial charge in [-0.2, -0.15) is 0 Å². The van der Waals surface area contributed by atoms with Gasteiger partial charge < -0.3 is 15.1 Å². The molecular weight excluding hydrogens is 740 g/mol. The van der Waals surface area contributed by atoms with Crippen molar-refractivity contribution >= 4 is 50.5 Å². The Labute approximate surface area is 326 Å². The summed E-state index contributed by atoms with van der Waals surface area (Å²) in [5, 5.41) is 15.7. The van der Waals surface area contributed by atoms with Crippen molar-refractivity contribution in [2.75, 3.05) is 49.5 Å². The van der Waals surface area contributed by atoms with E-state index in [0.717, 1.165) is 81.2 Å². The standard InChI is InChI=1S/C41H45ClN6O6S/c42-33-14-10-29(11-15-33)36-8-4-3-7-32(36)27-45-23-24-47-34(28-45)16-12-30-25-31(13-19-38(30)47)41(50)44-55(53,54)35-17-18-37(39(26-35)48(51)52)43-20-6-22-46-21-5-1-2-9-40(46)49/h3-4,7-8,10-11,13-15,17-19,25-26,34,43H,1-2,5-6,9,12,16,20-24,27-28H2,(H,44,50). The van der Waals surface area contributed by atoms with Crippen LogP contribution in [0.25, 0.3) is 11.1 Å². The molecule has 0 spiro atoms. The predicted molar refractivity (Wildman–Crippen MR) is 214 cm³/mol. The van der Waals surface area contributed by atoms with E-state index in [1.165, 1.54) is 23.3 Å². The SMILES string of the molecule is O=C(NS(=O)(=O)c1ccc(NCCCN2CCCCCC2=O)c([N+](=O)[O-])c1)c1ccc2c(c1)CCC1CN(Cc3ccccc3-c3ccc(Cl)cc3)CCN21. The summed E-state index contributed by atoms with van der Waals surface area (Å²) in [7, 11) is -4.42. The van der Waals surface area contributed by atoms with Crippen LogP contribution in [0.3, 0.4) is 0 Å². The number of rotatable bonds is 12. The van der Waals surface area contributed by atoms with Crippen LogP contribution >= 0.6 is 11.6 Å². The van der Waals surface area contributed by atoms with Crippen molar-refractivity contribution in [3.8, 4) is 11.1 Å². The van der Waals surface area contributed by atoms with Gasteiger partial charge in [0.2, 0.25) is 5.91 Å². The van der Waals surface area contributed by atoms with E-state index in [1.807, 2.05) is 23.1 Å². The first-order chi connectivity index (χ1) is 26.6. The number of nitro benzene ring substituents is 1. The van der Waals surface area contributed by atoms with Crippen molar-refractivity contribution in [3.63, 3.8) is 0 Å². The summed E-state index contributed by atoms with van der Waals surface area (Å²) in [6.45, 7) is 5.03. The van der Waals surface area contributed by atoms with Gasteiger partial charge in [-0.25, -0.2) is 13.1 Å². The predicted octanol–water partition coefficient (Wildman–Crippen LogP) is 6.88. The van der Waals surface area contributed by atoms with Gasteiger partial charge in [-0.3, -0.25) is 24.6 Å². The average Bonchev–Trinajstić information content (AvgIpc) is 3.39. The summed E-state index contributed by atoms with van der Waals surface area (Å²) in [4.78, 5) is 43.2. The number of nitro groups is 1. The molecule has 4 aromatic carbocycles. The molecule has 2 fully saturated rings. The number of carbonyl (C=O) groups excluding carboxylic acids is 2. The molecule has 55 heavy (non-hydrogen) atoms. The van der Waals surface area contributed by atoms with E-state index in [4.69, 9.17) is 11.6 Å². The molecule has 2 saturated heterocycles. The highest BCUT2D eigenvalue weighted by Crippen LogP contribution is 2.35. The van der Waals surface area contributed by atoms with E-state index in [0.29, 0.717) is 43.5 Å². The van der Waals surface area contributed by atoms with Crippen LogP contribution in [0.4, 0.5) is 17.1 Å². The summed E-state index contributed by atoms with van der Waals surface area (Å²) in [6.07, 6.45) is 5.65. The molecule has 2 N–H and O–H groups in total. The smallest absolute Gasteiger partial charge is 0.293 e. The molecular formula is C41H45ClN6O6S. The zero-order valence-corrected chi connectivity index (χ0v) is 32.2. The molecule has 0 aromatic heterocycles. The Morgan fingerprint density at radius 2 is 1.75 bits per heavy atom. The van der Waals surface area contributed by atoms with E-state index >= 15 is 0 Å². The van der Waals surface area contributed by atoms with Crippen LogP contribution in [0.15, 0.2) is 89.8 Å². The lowest BCUT2D eigenvalue weighted by Gasteiger charge is -2.46. The quantitative estimate of drug-likeness (QED) is 0.0893. The van der Waals surface area contributed by atoms with E-state index < -0.39 is 26.5 Å². The van der Waals surface area contributed by atoms with Crippen LogP contribution in [0.1, 0.15) is 60.0 Å². The minimum atomic E-state index is -4.42. The maximum atomic E-state index is 13.3. The first-order valence-electron chi connectivity index (χ1n) is 18.9. The normalized spacial score (nSPS) is 17.5. The highest BCUT2D eigenvalue weighted by atomic mass is 35.5. The number of piperazine rings is 1. The molecule has 288 valence electrons. The van der Waals surface area contributed by atoms with Crippen molar-refractivity contribution in [2.24, 2.45) is 0 Å². The number of sulfonamides is 1. The maximum Gasteiger partial charge on any atom is 0.293 e. The number of hydrogen-bond donors (Lipinski definition) is 2. The van der Waals surface area contributed by atoms with Crippen LogP contribution in [-0.4, -0.2) is 80.3 Å². The number of nitrogens with zero attached hydrogens (tertiary/aromatic N) is 4. The Hall–Kier alpha value is -4.98. The van der Waals surface area contributed by atoms with Crippen LogP contribution in [-0.2, 0) is 27.8 Å². The Morgan fingerprint density at radius 1 is 0.927 bits per heavy atom. The molecule has 12 nitrogen and oxygen atoms in total. The zero-order valence-electron chi connectivity index (χ0n) is 30.6. The molecule has 4 aromatic rings. The van der Waals surface area contributed by atoms with E-state index in [2.05, 4.69) is 56.2 Å². The molecule has 1 atom stereocenters. The van der Waals surface area contributed by atoms with E-state index in [-0.39, 0.29) is 22.1 Å². The number of halogens is 1. The number of carbonyl (C=O) groups is 2. The second-order valence-corrected chi connectivity index (χ2v) is 16.6. The Balaban J connectivity index is 0.963. The fraction of sp³-hybridized carbons (Fsp3) is 0.366. The number of amides is 2. The van der Waals surface area contributed by atoms with E-state index in [1.54, 1.807) is 12.1 Å². The van der Waals surface area contributed by atoms with Crippen LogP contribution in [0, 0.1) is 10.1 Å². The minimum absolute atomic E-state index is 0.128. The topological polar surface area (TPSA) is 145 Å². The van der Waals surface area contributed by atoms with Gasteiger partial charge in [0, 0.05) is 80.6 Å². The Bertz CT molecular complexity index is 2180. The van der Waals surface area contributed by atoms with Crippen LogP contribution in [0.2, 0.25) is 5.02 Å². The maximum absolute atomic E-state index is 13.3. The number of aryl methyl sites for hydroxylation is 1. The van der Waals surface area contributed by atoms with Gasteiger partial charge in [-0.1, -0.05) is 54.4 Å². The summed E-state index contributed by atoms with van der Waals surface area (Å²) in [5.41, 5.74) is 5.56. The fourth-order valence-corrected chi connectivity index (χ4v) is 9.07. The molecule has 0 aliphatic carbocycles. The molecule has 3 aliphatic heterocycles. The van der Waals surface area contributed by atoms with E-state index in [9.17, 15) is 28.1 Å². The van der Waals surface area contributed by atoms with Crippen molar-refractivity contribution in [2.45, 2.75) is 62.4 Å². The summed E-state index contributed by atoms with van der Waals surface area (Å²) in [5.74, 6) is -0.676. The van der Waals surface area contributed by atoms with Gasteiger partial charge in [-0.15, -0.1) is 0 Å². The molecule has 3 aliphatic rings. The molecule has 2 amide bonds. The molecule has 0 radical (unpaired) electrons. The summed E-state index contributed by atoms with van der Waals surface area (Å²) in [6, 6.07) is 25.5. The van der Waals surface area contributed by atoms with Gasteiger partial charge in [0.1, 0.15) is 5.69 Å². The van der Waals surface area contributed by atoms with Gasteiger partial charge in [-0.05, 0) is 96.8 Å². The van der Waals surface area contributed by atoms with Crippen LogP contribution < -0.4 is 14.9 Å². The second-order valence-electron chi connectivity index (χ2n) is 14.5. The van der Waals surface area contributed by atoms with Crippen molar-refractivity contribution in [1.82, 2.24) is 14.5 Å². The minimum Gasteiger partial charge on any atom is -0.379 e. The third kappa shape index (κ3) is 8.95. The molecule has 14 heteroatoms. The molecule has 7 rings (SSSR count). The summed E-state index contributed by atoms with van der Waals surface area (Å²) < 4.78 is 28.7. The monoisotopic (exact) mass is 784 g/mol. The van der Waals surface area contributed by atoms with Gasteiger partial charge >= 0.3 is 0 Å². The number of benzene rings is 4. The first-order valence-corrected chi connectivity index (χ1v) is 20.7. The van der Waals surface area contributed by atoms with Crippen LogP contribution in [0.5, 0.6) is 0 Å². The lowest BCUT2D eigenvalue weighted by Crippen LogP contribution is -2.54. The number of anilines is 2. The van der Waals surface area contributed by atoms with Gasteiger partial charge in [0.15, 0.2) is 0 Å². The third-order valence-electron chi connectivity index (χ3n) is 10.8. The largest absolute Gasteiger partial charge is 0.379 e. The van der Waals surface area contributed by atoms with Crippen molar-refractivity contribution < 1.29 is 22.9 Å². The number of fused-ring (bicyclic) bond motifs is 3. The lowest BCUT2D eigenvalue weighted by atomic mass is 9.92. The highest BCUT2D eigenvalue weighted by Gasteiger charge is 2.33.